The summed E-state index contributed by atoms with van der Waals surface area (Å²) in [5, 5.41) is 8.71. The summed E-state index contributed by atoms with van der Waals surface area (Å²) >= 11 is 0. The highest BCUT2D eigenvalue weighted by Gasteiger charge is 2.29. The van der Waals surface area contributed by atoms with E-state index in [1.54, 1.807) is 0 Å². The van der Waals surface area contributed by atoms with Crippen LogP contribution in [0.15, 0.2) is 25.0 Å². The normalized spacial score (nSPS) is 14.5. The minimum Gasteiger partial charge on any atom is -0.476 e. The zero-order valence-electron chi connectivity index (χ0n) is 8.83. The zero-order valence-corrected chi connectivity index (χ0v) is 8.83. The van der Waals surface area contributed by atoms with Gasteiger partial charge >= 0.3 is 5.97 Å². The molecule has 1 fully saturated rings. The lowest BCUT2D eigenvalue weighted by molar-refractivity contribution is 0.0690. The first-order valence-corrected chi connectivity index (χ1v) is 5.15. The molecule has 1 N–H and O–H groups in total. The third-order valence-corrected chi connectivity index (χ3v) is 2.47. The Morgan fingerprint density at radius 1 is 1.56 bits per heavy atom. The monoisotopic (exact) mass is 219 g/mol. The molecule has 1 saturated carbocycles. The number of anilines is 1. The van der Waals surface area contributed by atoms with Crippen LogP contribution >= 0.6 is 0 Å². The van der Waals surface area contributed by atoms with Crippen molar-refractivity contribution in [1.29, 1.82) is 0 Å². The Morgan fingerprint density at radius 3 is 2.75 bits per heavy atom. The van der Waals surface area contributed by atoms with Gasteiger partial charge in [-0.3, -0.25) is 0 Å². The van der Waals surface area contributed by atoms with Gasteiger partial charge in [0, 0.05) is 12.6 Å². The molecule has 0 aromatic carbocycles. The first-order valence-electron chi connectivity index (χ1n) is 5.15. The molecule has 0 aliphatic heterocycles. The van der Waals surface area contributed by atoms with Crippen molar-refractivity contribution in [3.63, 3.8) is 0 Å². The van der Waals surface area contributed by atoms with E-state index in [-0.39, 0.29) is 5.69 Å². The van der Waals surface area contributed by atoms with E-state index in [0.717, 1.165) is 12.8 Å². The summed E-state index contributed by atoms with van der Waals surface area (Å²) in [6.45, 7) is 4.41. The number of carboxylic acids is 1. The van der Waals surface area contributed by atoms with Crippen molar-refractivity contribution < 1.29 is 9.90 Å². The van der Waals surface area contributed by atoms with Crippen LogP contribution in [0.5, 0.6) is 0 Å². The second-order valence-corrected chi connectivity index (χ2v) is 3.74. The molecule has 0 saturated heterocycles. The summed E-state index contributed by atoms with van der Waals surface area (Å²) in [6, 6.07) is 0.503. The average Bonchev–Trinajstić information content (AvgIpc) is 3.10. The van der Waals surface area contributed by atoms with Crippen LogP contribution in [0.2, 0.25) is 0 Å². The van der Waals surface area contributed by atoms with Gasteiger partial charge in [-0.1, -0.05) is 6.08 Å². The maximum absolute atomic E-state index is 10.6. The van der Waals surface area contributed by atoms with Gasteiger partial charge in [0.2, 0.25) is 0 Å². The summed E-state index contributed by atoms with van der Waals surface area (Å²) in [4.78, 5) is 20.7. The van der Waals surface area contributed by atoms with Gasteiger partial charge in [0.1, 0.15) is 5.82 Å². The SMILES string of the molecule is C=CCN(c1cnc(C(=O)O)cn1)C1CC1. The molecule has 0 atom stereocenters. The summed E-state index contributed by atoms with van der Waals surface area (Å²) in [7, 11) is 0. The van der Waals surface area contributed by atoms with Gasteiger partial charge in [-0.15, -0.1) is 6.58 Å². The Kier molecular flexibility index (Phi) is 2.85. The lowest BCUT2D eigenvalue weighted by Crippen LogP contribution is -2.26. The Balaban J connectivity index is 2.17. The first kappa shape index (κ1) is 10.6. The second-order valence-electron chi connectivity index (χ2n) is 3.74. The van der Waals surface area contributed by atoms with Crippen molar-refractivity contribution in [3.05, 3.63) is 30.7 Å². The number of hydrogen-bond donors (Lipinski definition) is 1. The molecule has 1 aromatic heterocycles. The van der Waals surface area contributed by atoms with E-state index in [2.05, 4.69) is 21.4 Å². The van der Waals surface area contributed by atoms with Crippen molar-refractivity contribution in [3.8, 4) is 0 Å². The van der Waals surface area contributed by atoms with Crippen LogP contribution < -0.4 is 4.90 Å². The molecule has 5 nitrogen and oxygen atoms in total. The van der Waals surface area contributed by atoms with Gasteiger partial charge in [0.15, 0.2) is 5.69 Å². The van der Waals surface area contributed by atoms with Crippen LogP contribution in [-0.4, -0.2) is 33.6 Å². The Hall–Kier alpha value is -1.91. The second kappa shape index (κ2) is 4.30. The Bertz CT molecular complexity index is 398. The van der Waals surface area contributed by atoms with Crippen LogP contribution in [0.3, 0.4) is 0 Å². The van der Waals surface area contributed by atoms with Gasteiger partial charge in [-0.2, -0.15) is 0 Å². The summed E-state index contributed by atoms with van der Waals surface area (Å²) in [5.41, 5.74) is -0.0295. The van der Waals surface area contributed by atoms with Crippen LogP contribution in [0.4, 0.5) is 5.82 Å². The van der Waals surface area contributed by atoms with Gasteiger partial charge in [0.05, 0.1) is 12.4 Å². The molecular formula is C11H13N3O2. The van der Waals surface area contributed by atoms with Crippen LogP contribution in [0.1, 0.15) is 23.3 Å². The van der Waals surface area contributed by atoms with E-state index in [1.165, 1.54) is 12.4 Å². The molecule has 0 spiro atoms. The fourth-order valence-corrected chi connectivity index (χ4v) is 1.53. The van der Waals surface area contributed by atoms with Crippen LogP contribution in [0, 0.1) is 0 Å². The predicted molar refractivity (Wildman–Crippen MR) is 59.6 cm³/mol. The molecule has 0 radical (unpaired) electrons. The van der Waals surface area contributed by atoms with Gasteiger partial charge in [-0.25, -0.2) is 14.8 Å². The van der Waals surface area contributed by atoms with Crippen molar-refractivity contribution in [2.24, 2.45) is 0 Å². The van der Waals surface area contributed by atoms with Crippen LogP contribution in [0.25, 0.3) is 0 Å². The summed E-state index contributed by atoms with van der Waals surface area (Å²) in [5.74, 6) is -0.340. The van der Waals surface area contributed by atoms with Crippen molar-refractivity contribution in [2.75, 3.05) is 11.4 Å². The Morgan fingerprint density at radius 2 is 2.31 bits per heavy atom. The highest BCUT2D eigenvalue weighted by Crippen LogP contribution is 2.29. The molecule has 0 amide bonds. The van der Waals surface area contributed by atoms with Gasteiger partial charge in [-0.05, 0) is 12.8 Å². The lowest BCUT2D eigenvalue weighted by atomic mass is 10.4. The molecule has 0 unspecified atom stereocenters. The third kappa shape index (κ3) is 2.18. The van der Waals surface area contributed by atoms with E-state index in [9.17, 15) is 4.79 Å². The number of carbonyl (C=O) groups is 1. The predicted octanol–water partition coefficient (Wildman–Crippen LogP) is 1.33. The zero-order chi connectivity index (χ0) is 11.5. The number of rotatable bonds is 5. The van der Waals surface area contributed by atoms with E-state index >= 15 is 0 Å². The molecule has 1 heterocycles. The molecular weight excluding hydrogens is 206 g/mol. The van der Waals surface area contributed by atoms with E-state index in [1.807, 2.05) is 6.08 Å². The quantitative estimate of drug-likeness (QED) is 0.757. The molecule has 84 valence electrons. The molecule has 1 aliphatic rings. The van der Waals surface area contributed by atoms with Crippen molar-refractivity contribution in [2.45, 2.75) is 18.9 Å². The Labute approximate surface area is 93.4 Å². The number of hydrogen-bond acceptors (Lipinski definition) is 4. The van der Waals surface area contributed by atoms with Crippen molar-refractivity contribution >= 4 is 11.8 Å². The maximum atomic E-state index is 10.6. The molecule has 16 heavy (non-hydrogen) atoms. The molecule has 0 bridgehead atoms. The topological polar surface area (TPSA) is 66.3 Å². The summed E-state index contributed by atoms with van der Waals surface area (Å²) in [6.07, 6.45) is 6.90. The number of aromatic nitrogens is 2. The maximum Gasteiger partial charge on any atom is 0.356 e. The minimum atomic E-state index is -1.05. The molecule has 2 rings (SSSR count). The lowest BCUT2D eigenvalue weighted by Gasteiger charge is -2.20. The standard InChI is InChI=1S/C11H13N3O2/c1-2-5-14(8-3-4-8)10-7-12-9(6-13-10)11(15)16/h2,6-8H,1,3-5H2,(H,15,16). The largest absolute Gasteiger partial charge is 0.476 e. The van der Waals surface area contributed by atoms with Gasteiger partial charge in [0.25, 0.3) is 0 Å². The number of aromatic carboxylic acids is 1. The van der Waals surface area contributed by atoms with Crippen molar-refractivity contribution in [1.82, 2.24) is 9.97 Å². The third-order valence-electron chi connectivity index (χ3n) is 2.47. The minimum absolute atomic E-state index is 0.0295. The highest BCUT2D eigenvalue weighted by atomic mass is 16.4. The van der Waals surface area contributed by atoms with E-state index in [4.69, 9.17) is 5.11 Å². The smallest absolute Gasteiger partial charge is 0.356 e. The van der Waals surface area contributed by atoms with Gasteiger partial charge < -0.3 is 10.0 Å². The molecule has 1 aliphatic carbocycles. The number of nitrogens with zero attached hydrogens (tertiary/aromatic N) is 3. The molecule has 5 heteroatoms. The highest BCUT2D eigenvalue weighted by molar-refractivity contribution is 5.84. The van der Waals surface area contributed by atoms with E-state index < -0.39 is 5.97 Å². The average molecular weight is 219 g/mol. The fourth-order valence-electron chi connectivity index (χ4n) is 1.53. The van der Waals surface area contributed by atoms with E-state index in [0.29, 0.717) is 18.4 Å². The number of carboxylic acid groups (broad SMARTS) is 1. The first-order chi connectivity index (χ1) is 7.72. The fraction of sp³-hybridized carbons (Fsp3) is 0.364. The van der Waals surface area contributed by atoms with Crippen LogP contribution in [-0.2, 0) is 0 Å². The summed E-state index contributed by atoms with van der Waals surface area (Å²) < 4.78 is 0. The molecule has 1 aromatic rings.